The Morgan fingerprint density at radius 1 is 1.35 bits per heavy atom. The number of nitrogens with zero attached hydrogens (tertiary/aromatic N) is 4. The first-order chi connectivity index (χ1) is 9.50. The Hall–Kier alpha value is -1.84. The highest BCUT2D eigenvalue weighted by molar-refractivity contribution is 5.58. The molecule has 2 aromatic heterocycles. The van der Waals surface area contributed by atoms with Crippen molar-refractivity contribution in [1.82, 2.24) is 19.6 Å². The number of alkyl halides is 1. The Bertz CT molecular complexity index is 636. The number of ether oxygens (including phenoxy) is 1. The summed E-state index contributed by atoms with van der Waals surface area (Å²) in [5, 5.41) is 23.3. The molecule has 1 aliphatic heterocycles. The first-order valence-corrected chi connectivity index (χ1v) is 6.10. The molecule has 2 aromatic rings. The van der Waals surface area contributed by atoms with Crippen LogP contribution in [-0.4, -0.2) is 54.3 Å². The van der Waals surface area contributed by atoms with Gasteiger partial charge in [-0.1, -0.05) is 0 Å². The van der Waals surface area contributed by atoms with Gasteiger partial charge < -0.3 is 20.7 Å². The molecule has 1 saturated heterocycles. The highest BCUT2D eigenvalue weighted by atomic mass is 19.1. The summed E-state index contributed by atoms with van der Waals surface area (Å²) < 4.78 is 20.9. The molecule has 3 rings (SSSR count). The van der Waals surface area contributed by atoms with Crippen molar-refractivity contribution in [2.24, 2.45) is 0 Å². The summed E-state index contributed by atoms with van der Waals surface area (Å²) in [6.07, 6.45) is -3.82. The maximum atomic E-state index is 14.2. The Labute approximate surface area is 113 Å². The molecule has 5 atom stereocenters. The predicted octanol–water partition coefficient (Wildman–Crippen LogP) is -0.774. The summed E-state index contributed by atoms with van der Waals surface area (Å²) in [4.78, 5) is 7.81. The van der Waals surface area contributed by atoms with Gasteiger partial charge in [0.25, 0.3) is 0 Å². The number of aliphatic hydroxyl groups excluding tert-OH is 2. The molecule has 108 valence electrons. The second-order valence-corrected chi connectivity index (χ2v) is 4.75. The van der Waals surface area contributed by atoms with Crippen molar-refractivity contribution in [3.63, 3.8) is 0 Å². The molecule has 9 heteroatoms. The van der Waals surface area contributed by atoms with Gasteiger partial charge in [-0.3, -0.25) is 0 Å². The van der Waals surface area contributed by atoms with Crippen LogP contribution in [0.15, 0.2) is 12.5 Å². The van der Waals surface area contributed by atoms with Crippen LogP contribution in [0.5, 0.6) is 0 Å². The average Bonchev–Trinajstić information content (AvgIpc) is 2.86. The molecule has 0 saturated carbocycles. The Balaban J connectivity index is 2.04. The molecule has 1 fully saturated rings. The number of aromatic nitrogens is 4. The Kier molecular flexibility index (Phi) is 3.04. The van der Waals surface area contributed by atoms with Crippen LogP contribution in [0.2, 0.25) is 0 Å². The fourth-order valence-electron chi connectivity index (χ4n) is 2.31. The third-order valence-electron chi connectivity index (χ3n) is 3.46. The molecule has 2 unspecified atom stereocenters. The number of hydrogen-bond donors (Lipinski definition) is 3. The molecule has 1 aliphatic rings. The van der Waals surface area contributed by atoms with Gasteiger partial charge in [0.2, 0.25) is 0 Å². The zero-order valence-electron chi connectivity index (χ0n) is 10.6. The molecule has 4 N–H and O–H groups in total. The van der Waals surface area contributed by atoms with Gasteiger partial charge in [-0.25, -0.2) is 18.9 Å². The molecule has 0 amide bonds. The van der Waals surface area contributed by atoms with Gasteiger partial charge in [-0.2, -0.15) is 5.10 Å². The van der Waals surface area contributed by atoms with E-state index in [0.29, 0.717) is 5.69 Å². The van der Waals surface area contributed by atoms with Crippen molar-refractivity contribution in [2.45, 2.75) is 37.5 Å². The molecule has 3 heterocycles. The van der Waals surface area contributed by atoms with Crippen molar-refractivity contribution in [3.8, 4) is 0 Å². The summed E-state index contributed by atoms with van der Waals surface area (Å²) in [6, 6.07) is 0. The number of nitrogens with two attached hydrogens (primary N) is 1. The largest absolute Gasteiger partial charge is 0.388 e. The standard InChI is InChI=1S/C11H14FN5O3/c1-4-7(18)8(19)6(12)9(20-4)5-2-14-11-10(13)15-3-16-17(5)11/h2-4,6-9,18-19H,1H3,(H2,13,15,16)/t4?,6-,7?,8+,9+/m1/s1. The van der Waals surface area contributed by atoms with Gasteiger partial charge in [-0.05, 0) is 6.92 Å². The molecule has 0 bridgehead atoms. The van der Waals surface area contributed by atoms with Crippen LogP contribution in [-0.2, 0) is 4.74 Å². The third kappa shape index (κ3) is 1.82. The van der Waals surface area contributed by atoms with Gasteiger partial charge in [0.05, 0.1) is 18.0 Å². The SMILES string of the molecule is CC1O[C@@H](c2cnc3c(N)ncnn23)[C@H](F)[C@H](O)C1O. The smallest absolute Gasteiger partial charge is 0.196 e. The van der Waals surface area contributed by atoms with Gasteiger partial charge in [0.15, 0.2) is 17.6 Å². The van der Waals surface area contributed by atoms with E-state index < -0.39 is 30.6 Å². The highest BCUT2D eigenvalue weighted by Gasteiger charge is 2.45. The quantitative estimate of drug-likeness (QED) is 0.628. The van der Waals surface area contributed by atoms with Crippen molar-refractivity contribution in [1.29, 1.82) is 0 Å². The molecular formula is C11H14FN5O3. The number of imidazole rings is 1. The lowest BCUT2D eigenvalue weighted by atomic mass is 9.95. The van der Waals surface area contributed by atoms with E-state index in [9.17, 15) is 14.6 Å². The van der Waals surface area contributed by atoms with Crippen molar-refractivity contribution >= 4 is 11.5 Å². The number of anilines is 1. The lowest BCUT2D eigenvalue weighted by Crippen LogP contribution is -2.51. The average molecular weight is 283 g/mol. The van der Waals surface area contributed by atoms with Crippen LogP contribution in [0.1, 0.15) is 18.7 Å². The van der Waals surface area contributed by atoms with Crippen LogP contribution in [0.3, 0.4) is 0 Å². The predicted molar refractivity (Wildman–Crippen MR) is 65.4 cm³/mol. The van der Waals surface area contributed by atoms with Crippen LogP contribution in [0.25, 0.3) is 5.65 Å². The van der Waals surface area contributed by atoms with Crippen LogP contribution in [0, 0.1) is 0 Å². The van der Waals surface area contributed by atoms with E-state index in [1.807, 2.05) is 0 Å². The van der Waals surface area contributed by atoms with Crippen LogP contribution < -0.4 is 5.73 Å². The van der Waals surface area contributed by atoms with Gasteiger partial charge >= 0.3 is 0 Å². The minimum Gasteiger partial charge on any atom is -0.388 e. The Morgan fingerprint density at radius 3 is 2.85 bits per heavy atom. The molecular weight excluding hydrogens is 269 g/mol. The highest BCUT2D eigenvalue weighted by Crippen LogP contribution is 2.34. The minimum atomic E-state index is -1.79. The second kappa shape index (κ2) is 4.62. The summed E-state index contributed by atoms with van der Waals surface area (Å²) >= 11 is 0. The van der Waals surface area contributed by atoms with Crippen LogP contribution in [0.4, 0.5) is 10.2 Å². The van der Waals surface area contributed by atoms with E-state index in [1.54, 1.807) is 6.92 Å². The van der Waals surface area contributed by atoms with Crippen molar-refractivity contribution in [3.05, 3.63) is 18.2 Å². The third-order valence-corrected chi connectivity index (χ3v) is 3.46. The second-order valence-electron chi connectivity index (χ2n) is 4.75. The summed E-state index contributed by atoms with van der Waals surface area (Å²) in [6.45, 7) is 1.55. The normalized spacial score (nSPS) is 34.5. The molecule has 20 heavy (non-hydrogen) atoms. The first-order valence-electron chi connectivity index (χ1n) is 6.10. The zero-order valence-corrected chi connectivity index (χ0v) is 10.6. The lowest BCUT2D eigenvalue weighted by molar-refractivity contribution is -0.201. The molecule has 0 aromatic carbocycles. The molecule has 8 nitrogen and oxygen atoms in total. The number of nitrogen functional groups attached to an aromatic ring is 1. The summed E-state index contributed by atoms with van der Waals surface area (Å²) in [7, 11) is 0. The van der Waals surface area contributed by atoms with Crippen molar-refractivity contribution < 1.29 is 19.3 Å². The number of aliphatic hydroxyl groups is 2. The lowest BCUT2D eigenvalue weighted by Gasteiger charge is -2.37. The maximum absolute atomic E-state index is 14.2. The maximum Gasteiger partial charge on any atom is 0.196 e. The van der Waals surface area contributed by atoms with Gasteiger partial charge in [-0.15, -0.1) is 0 Å². The first kappa shape index (κ1) is 13.2. The fraction of sp³-hybridized carbons (Fsp3) is 0.545. The summed E-state index contributed by atoms with van der Waals surface area (Å²) in [5.41, 5.74) is 6.24. The zero-order chi connectivity index (χ0) is 14.4. The van der Waals surface area contributed by atoms with Gasteiger partial charge in [0.1, 0.15) is 24.6 Å². The molecule has 0 spiro atoms. The van der Waals surface area contributed by atoms with Crippen LogP contribution >= 0.6 is 0 Å². The van der Waals surface area contributed by atoms with Crippen molar-refractivity contribution in [2.75, 3.05) is 5.73 Å². The van der Waals surface area contributed by atoms with E-state index in [2.05, 4.69) is 15.1 Å². The number of fused-ring (bicyclic) bond motifs is 1. The number of rotatable bonds is 1. The van der Waals surface area contributed by atoms with E-state index in [-0.39, 0.29) is 11.5 Å². The molecule has 0 aliphatic carbocycles. The van der Waals surface area contributed by atoms with E-state index in [4.69, 9.17) is 10.5 Å². The number of hydrogen-bond acceptors (Lipinski definition) is 7. The summed E-state index contributed by atoms with van der Waals surface area (Å²) in [5.74, 6) is 0.158. The Morgan fingerprint density at radius 2 is 2.10 bits per heavy atom. The number of halogens is 1. The van der Waals surface area contributed by atoms with Gasteiger partial charge in [0, 0.05) is 0 Å². The van der Waals surface area contributed by atoms with E-state index in [0.717, 1.165) is 0 Å². The monoisotopic (exact) mass is 283 g/mol. The topological polar surface area (TPSA) is 119 Å². The minimum absolute atomic E-state index is 0.158. The molecule has 0 radical (unpaired) electrons. The fourth-order valence-corrected chi connectivity index (χ4v) is 2.31. The van der Waals surface area contributed by atoms with E-state index >= 15 is 0 Å². The van der Waals surface area contributed by atoms with E-state index in [1.165, 1.54) is 17.0 Å².